The summed E-state index contributed by atoms with van der Waals surface area (Å²) in [6.45, 7) is 1.96. The van der Waals surface area contributed by atoms with Crippen molar-refractivity contribution in [2.45, 2.75) is 24.3 Å². The molecule has 1 aromatic heterocycles. The highest BCUT2D eigenvalue weighted by molar-refractivity contribution is 7.99. The molecule has 2 rings (SSSR count). The molecule has 0 aliphatic heterocycles. The third-order valence-electron chi connectivity index (χ3n) is 2.97. The van der Waals surface area contributed by atoms with Crippen LogP contribution in [0, 0.1) is 0 Å². The number of hydrogen-bond donors (Lipinski definition) is 1. The fraction of sp³-hybridized carbons (Fsp3) is 0.250. The average molecular weight is 321 g/mol. The van der Waals surface area contributed by atoms with Crippen molar-refractivity contribution in [3.63, 3.8) is 0 Å². The Bertz CT molecular complexity index is 575. The molecule has 1 atom stereocenters. The fourth-order valence-electron chi connectivity index (χ4n) is 1.82. The number of hydrogen-bond acceptors (Lipinski definition) is 3. The van der Waals surface area contributed by atoms with E-state index in [4.69, 9.17) is 11.6 Å². The molecule has 1 unspecified atom stereocenters. The molecule has 0 bridgehead atoms. The quantitative estimate of drug-likeness (QED) is 0.815. The Hall–Kier alpha value is -1.52. The molecule has 0 fully saturated rings. The smallest absolute Gasteiger partial charge is 0.221 e. The second-order valence-corrected chi connectivity index (χ2v) is 6.23. The minimum atomic E-state index is -0.0215. The number of thioether (sulfide) groups is 1. The molecule has 1 N–H and O–H groups in total. The van der Waals surface area contributed by atoms with Crippen LogP contribution in [0.25, 0.3) is 0 Å². The van der Waals surface area contributed by atoms with E-state index in [9.17, 15) is 4.79 Å². The lowest BCUT2D eigenvalue weighted by Gasteiger charge is -2.13. The molecule has 0 saturated heterocycles. The monoisotopic (exact) mass is 320 g/mol. The summed E-state index contributed by atoms with van der Waals surface area (Å²) in [6, 6.07) is 11.4. The van der Waals surface area contributed by atoms with Crippen LogP contribution in [0.15, 0.2) is 53.7 Å². The van der Waals surface area contributed by atoms with Crippen LogP contribution in [-0.4, -0.2) is 16.6 Å². The van der Waals surface area contributed by atoms with Gasteiger partial charge in [0, 0.05) is 34.5 Å². The van der Waals surface area contributed by atoms with Gasteiger partial charge >= 0.3 is 0 Å². The van der Waals surface area contributed by atoms with E-state index < -0.39 is 0 Å². The van der Waals surface area contributed by atoms with Crippen molar-refractivity contribution in [3.05, 3.63) is 59.4 Å². The van der Waals surface area contributed by atoms with E-state index in [0.717, 1.165) is 21.2 Å². The van der Waals surface area contributed by atoms with E-state index >= 15 is 0 Å². The Kier molecular flexibility index (Phi) is 6.08. The Labute approximate surface area is 134 Å². The van der Waals surface area contributed by atoms with Gasteiger partial charge in [-0.3, -0.25) is 9.78 Å². The normalized spacial score (nSPS) is 11.9. The van der Waals surface area contributed by atoms with Crippen molar-refractivity contribution in [1.82, 2.24) is 10.3 Å². The lowest BCUT2D eigenvalue weighted by atomic mass is 10.1. The van der Waals surface area contributed by atoms with Crippen LogP contribution in [0.4, 0.5) is 0 Å². The Balaban J connectivity index is 1.73. The summed E-state index contributed by atoms with van der Waals surface area (Å²) >= 11 is 7.48. The van der Waals surface area contributed by atoms with Crippen LogP contribution in [-0.2, 0) is 4.79 Å². The lowest BCUT2D eigenvalue weighted by Crippen LogP contribution is -2.26. The van der Waals surface area contributed by atoms with Crippen molar-refractivity contribution in [2.75, 3.05) is 5.75 Å². The van der Waals surface area contributed by atoms with Gasteiger partial charge in [0.1, 0.15) is 0 Å². The van der Waals surface area contributed by atoms with E-state index in [-0.39, 0.29) is 11.9 Å². The summed E-state index contributed by atoms with van der Waals surface area (Å²) in [4.78, 5) is 17.1. The second-order valence-electron chi connectivity index (χ2n) is 4.63. The zero-order valence-corrected chi connectivity index (χ0v) is 13.3. The molecule has 0 saturated carbocycles. The van der Waals surface area contributed by atoms with Gasteiger partial charge in [0.2, 0.25) is 5.91 Å². The number of carbonyl (C=O) groups is 1. The van der Waals surface area contributed by atoms with Crippen LogP contribution in [0.1, 0.15) is 24.9 Å². The van der Waals surface area contributed by atoms with Gasteiger partial charge in [-0.25, -0.2) is 0 Å². The number of amides is 1. The zero-order chi connectivity index (χ0) is 15.1. The van der Waals surface area contributed by atoms with E-state index in [2.05, 4.69) is 10.3 Å². The number of aromatic nitrogens is 1. The summed E-state index contributed by atoms with van der Waals surface area (Å²) in [7, 11) is 0. The maximum absolute atomic E-state index is 11.9. The molecule has 0 aliphatic rings. The van der Waals surface area contributed by atoms with E-state index in [1.807, 2.05) is 43.3 Å². The largest absolute Gasteiger partial charge is 0.350 e. The van der Waals surface area contributed by atoms with Crippen molar-refractivity contribution in [3.8, 4) is 0 Å². The van der Waals surface area contributed by atoms with Gasteiger partial charge in [0.25, 0.3) is 0 Å². The standard InChI is InChI=1S/C16H17ClN2OS/c1-12(13-3-2-9-18-11-13)19-16(20)8-10-21-15-6-4-14(17)5-7-15/h2-7,9,11-12H,8,10H2,1H3,(H,19,20). The molecule has 110 valence electrons. The number of pyridine rings is 1. The predicted molar refractivity (Wildman–Crippen MR) is 87.6 cm³/mol. The molecule has 1 heterocycles. The molecule has 0 aliphatic carbocycles. The van der Waals surface area contributed by atoms with Crippen LogP contribution in [0.5, 0.6) is 0 Å². The Morgan fingerprint density at radius 3 is 2.76 bits per heavy atom. The van der Waals surface area contributed by atoms with Gasteiger partial charge in [-0.2, -0.15) is 0 Å². The first-order valence-electron chi connectivity index (χ1n) is 6.73. The number of carbonyl (C=O) groups excluding carboxylic acids is 1. The molecule has 3 nitrogen and oxygen atoms in total. The summed E-state index contributed by atoms with van der Waals surface area (Å²) in [5, 5.41) is 3.70. The number of rotatable bonds is 6. The average Bonchev–Trinajstić information content (AvgIpc) is 2.50. The maximum atomic E-state index is 11.9. The summed E-state index contributed by atoms with van der Waals surface area (Å²) in [5.41, 5.74) is 1.01. The zero-order valence-electron chi connectivity index (χ0n) is 11.8. The maximum Gasteiger partial charge on any atom is 0.221 e. The first-order chi connectivity index (χ1) is 10.1. The van der Waals surface area contributed by atoms with Crippen LogP contribution in [0.2, 0.25) is 5.02 Å². The predicted octanol–water partition coefficient (Wildman–Crippen LogP) is 4.09. The van der Waals surface area contributed by atoms with Crippen molar-refractivity contribution < 1.29 is 4.79 Å². The summed E-state index contributed by atoms with van der Waals surface area (Å²) < 4.78 is 0. The third kappa shape index (κ3) is 5.40. The van der Waals surface area contributed by atoms with Gasteiger partial charge in [0.15, 0.2) is 0 Å². The summed E-state index contributed by atoms with van der Waals surface area (Å²) in [5.74, 6) is 0.792. The highest BCUT2D eigenvalue weighted by Gasteiger charge is 2.09. The van der Waals surface area contributed by atoms with Gasteiger partial charge in [0.05, 0.1) is 6.04 Å². The topological polar surface area (TPSA) is 42.0 Å². The van der Waals surface area contributed by atoms with Crippen LogP contribution >= 0.6 is 23.4 Å². The molecule has 0 spiro atoms. The first kappa shape index (κ1) is 15.9. The molecular weight excluding hydrogens is 304 g/mol. The summed E-state index contributed by atoms with van der Waals surface area (Å²) in [6.07, 6.45) is 3.98. The van der Waals surface area contributed by atoms with Crippen molar-refractivity contribution >= 4 is 29.3 Å². The van der Waals surface area contributed by atoms with E-state index in [1.165, 1.54) is 0 Å². The Morgan fingerprint density at radius 2 is 2.10 bits per heavy atom. The van der Waals surface area contributed by atoms with Crippen molar-refractivity contribution in [2.24, 2.45) is 0 Å². The highest BCUT2D eigenvalue weighted by Crippen LogP contribution is 2.21. The second kappa shape index (κ2) is 8.05. The minimum Gasteiger partial charge on any atom is -0.350 e. The molecule has 1 aromatic carbocycles. The Morgan fingerprint density at radius 1 is 1.33 bits per heavy atom. The molecule has 2 aromatic rings. The van der Waals surface area contributed by atoms with Gasteiger partial charge in [-0.15, -0.1) is 11.8 Å². The van der Waals surface area contributed by atoms with Gasteiger partial charge < -0.3 is 5.32 Å². The fourth-order valence-corrected chi connectivity index (χ4v) is 2.80. The van der Waals surface area contributed by atoms with Gasteiger partial charge in [-0.05, 0) is 42.8 Å². The van der Waals surface area contributed by atoms with Crippen LogP contribution in [0.3, 0.4) is 0 Å². The number of benzene rings is 1. The van der Waals surface area contributed by atoms with E-state index in [1.54, 1.807) is 24.2 Å². The molecular formula is C16H17ClN2OS. The lowest BCUT2D eigenvalue weighted by molar-refractivity contribution is -0.121. The molecule has 21 heavy (non-hydrogen) atoms. The van der Waals surface area contributed by atoms with Crippen molar-refractivity contribution in [1.29, 1.82) is 0 Å². The number of nitrogens with zero attached hydrogens (tertiary/aromatic N) is 1. The first-order valence-corrected chi connectivity index (χ1v) is 8.09. The molecule has 1 amide bonds. The van der Waals surface area contributed by atoms with Gasteiger partial charge in [-0.1, -0.05) is 17.7 Å². The minimum absolute atomic E-state index is 0.0215. The van der Waals surface area contributed by atoms with Crippen LogP contribution < -0.4 is 5.32 Å². The highest BCUT2D eigenvalue weighted by atomic mass is 35.5. The van der Waals surface area contributed by atoms with E-state index in [0.29, 0.717) is 6.42 Å². The molecule has 0 radical (unpaired) electrons. The number of nitrogens with one attached hydrogen (secondary N) is 1. The third-order valence-corrected chi connectivity index (χ3v) is 4.24. The number of halogens is 1. The molecule has 5 heteroatoms. The SMILES string of the molecule is CC(NC(=O)CCSc1ccc(Cl)cc1)c1cccnc1.